The van der Waals surface area contributed by atoms with Crippen LogP contribution in [-0.2, 0) is 4.79 Å². The lowest BCUT2D eigenvalue weighted by molar-refractivity contribution is -0.135. The van der Waals surface area contributed by atoms with Crippen LogP contribution in [0, 0.1) is 11.8 Å². The molecule has 1 N–H and O–H groups in total. The first-order valence-corrected chi connectivity index (χ1v) is 4.42. The van der Waals surface area contributed by atoms with Gasteiger partial charge in [-0.3, -0.25) is 9.59 Å². The van der Waals surface area contributed by atoms with Crippen LogP contribution in [0.25, 0.3) is 0 Å². The van der Waals surface area contributed by atoms with Crippen LogP contribution in [0.5, 0.6) is 0 Å². The van der Waals surface area contributed by atoms with Crippen molar-refractivity contribution in [2.24, 2.45) is 0 Å². The summed E-state index contributed by atoms with van der Waals surface area (Å²) in [5, 5.41) is 8.40. The largest absolute Gasteiger partial charge is 0.481 e. The smallest absolute Gasteiger partial charge is 0.315 e. The Labute approximate surface area is 87.7 Å². The number of Topliss-reactive ketones (excluding diaryl/α,β-unsaturated/α-hetero) is 1. The van der Waals surface area contributed by atoms with Crippen molar-refractivity contribution in [2.75, 3.05) is 0 Å². The Bertz CT molecular complexity index is 449. The molecular formula is C12H10O3. The van der Waals surface area contributed by atoms with Gasteiger partial charge in [0.1, 0.15) is 6.42 Å². The van der Waals surface area contributed by atoms with E-state index < -0.39 is 5.97 Å². The highest BCUT2D eigenvalue weighted by Gasteiger charge is 2.02. The predicted molar refractivity (Wildman–Crippen MR) is 55.6 cm³/mol. The molecule has 3 nitrogen and oxygen atoms in total. The zero-order chi connectivity index (χ0) is 11.3. The van der Waals surface area contributed by atoms with E-state index >= 15 is 0 Å². The van der Waals surface area contributed by atoms with Crippen LogP contribution >= 0.6 is 0 Å². The van der Waals surface area contributed by atoms with Crippen LogP contribution in [0.3, 0.4) is 0 Å². The van der Waals surface area contributed by atoms with Crippen molar-refractivity contribution in [2.45, 2.75) is 13.3 Å². The van der Waals surface area contributed by atoms with Gasteiger partial charge in [-0.1, -0.05) is 30.0 Å². The second-order valence-electron chi connectivity index (χ2n) is 2.97. The van der Waals surface area contributed by atoms with E-state index in [1.165, 1.54) is 6.92 Å². The fourth-order valence-electron chi connectivity index (χ4n) is 1.11. The molecule has 0 radical (unpaired) electrons. The van der Waals surface area contributed by atoms with E-state index in [1.807, 2.05) is 0 Å². The number of rotatable bonds is 2. The van der Waals surface area contributed by atoms with E-state index in [4.69, 9.17) is 5.11 Å². The number of hydrogen-bond acceptors (Lipinski definition) is 2. The molecule has 0 fully saturated rings. The topological polar surface area (TPSA) is 54.4 Å². The lowest BCUT2D eigenvalue weighted by Gasteiger charge is -1.97. The number of carboxylic acid groups (broad SMARTS) is 1. The van der Waals surface area contributed by atoms with Gasteiger partial charge in [0.2, 0.25) is 0 Å². The second-order valence-corrected chi connectivity index (χ2v) is 2.97. The van der Waals surface area contributed by atoms with Crippen molar-refractivity contribution in [3.63, 3.8) is 0 Å². The molecule has 0 spiro atoms. The normalized spacial score (nSPS) is 8.87. The molecule has 0 amide bonds. The molecule has 1 aromatic rings. The number of benzene rings is 1. The Morgan fingerprint density at radius 3 is 2.60 bits per heavy atom. The third-order valence-corrected chi connectivity index (χ3v) is 1.77. The van der Waals surface area contributed by atoms with Crippen LogP contribution in [0.15, 0.2) is 24.3 Å². The minimum absolute atomic E-state index is 0.0739. The van der Waals surface area contributed by atoms with Crippen LogP contribution in [-0.4, -0.2) is 16.9 Å². The van der Waals surface area contributed by atoms with Gasteiger partial charge in [0.05, 0.1) is 0 Å². The Balaban J connectivity index is 2.97. The van der Waals surface area contributed by atoms with Crippen LogP contribution < -0.4 is 0 Å². The molecule has 0 saturated carbocycles. The van der Waals surface area contributed by atoms with Gasteiger partial charge in [-0.2, -0.15) is 0 Å². The summed E-state index contributed by atoms with van der Waals surface area (Å²) in [6.45, 7) is 1.46. The maximum absolute atomic E-state index is 11.2. The van der Waals surface area contributed by atoms with Gasteiger partial charge in [0, 0.05) is 11.1 Å². The molecule has 76 valence electrons. The van der Waals surface area contributed by atoms with Crippen molar-refractivity contribution in [1.82, 2.24) is 0 Å². The fourth-order valence-corrected chi connectivity index (χ4v) is 1.11. The van der Waals surface area contributed by atoms with Gasteiger partial charge in [0.25, 0.3) is 0 Å². The number of carbonyl (C=O) groups is 2. The van der Waals surface area contributed by atoms with E-state index in [2.05, 4.69) is 11.8 Å². The molecule has 1 aromatic carbocycles. The summed E-state index contributed by atoms with van der Waals surface area (Å²) in [6, 6.07) is 6.88. The number of carboxylic acids is 1. The number of aliphatic carboxylic acids is 1. The Morgan fingerprint density at radius 1 is 1.33 bits per heavy atom. The SMILES string of the molecule is CC(=O)c1ccccc1C#CCC(=O)O. The van der Waals surface area contributed by atoms with Gasteiger partial charge in [-0.15, -0.1) is 0 Å². The first kappa shape index (κ1) is 11.0. The first-order chi connectivity index (χ1) is 7.11. The molecule has 1 rings (SSSR count). The van der Waals surface area contributed by atoms with Crippen LogP contribution in [0.2, 0.25) is 0 Å². The predicted octanol–water partition coefficient (Wildman–Crippen LogP) is 1.72. The maximum atomic E-state index is 11.2. The zero-order valence-electron chi connectivity index (χ0n) is 8.28. The Hall–Kier alpha value is -2.08. The van der Waals surface area contributed by atoms with Crippen molar-refractivity contribution >= 4 is 11.8 Å². The molecule has 0 aliphatic carbocycles. The number of hydrogen-bond donors (Lipinski definition) is 1. The fraction of sp³-hybridized carbons (Fsp3) is 0.167. The molecule has 0 aliphatic rings. The standard InChI is InChI=1S/C12H10O3/c1-9(13)11-7-3-2-5-10(11)6-4-8-12(14)15/h2-3,5,7H,8H2,1H3,(H,14,15). The van der Waals surface area contributed by atoms with E-state index in [0.29, 0.717) is 11.1 Å². The summed E-state index contributed by atoms with van der Waals surface area (Å²) in [4.78, 5) is 21.4. The highest BCUT2D eigenvalue weighted by atomic mass is 16.4. The molecule has 0 atom stereocenters. The summed E-state index contributed by atoms with van der Waals surface area (Å²) < 4.78 is 0. The van der Waals surface area contributed by atoms with Gasteiger partial charge in [-0.25, -0.2) is 0 Å². The minimum atomic E-state index is -0.970. The van der Waals surface area contributed by atoms with Crippen LogP contribution in [0.1, 0.15) is 29.3 Å². The Morgan fingerprint density at radius 2 is 2.00 bits per heavy atom. The average Bonchev–Trinajstić information content (AvgIpc) is 2.17. The van der Waals surface area contributed by atoms with Gasteiger partial charge in [-0.05, 0) is 13.0 Å². The van der Waals surface area contributed by atoms with Crippen LogP contribution in [0.4, 0.5) is 0 Å². The van der Waals surface area contributed by atoms with E-state index in [-0.39, 0.29) is 12.2 Å². The third-order valence-electron chi connectivity index (χ3n) is 1.77. The van der Waals surface area contributed by atoms with Crippen molar-refractivity contribution in [3.05, 3.63) is 35.4 Å². The zero-order valence-corrected chi connectivity index (χ0v) is 8.28. The first-order valence-electron chi connectivity index (χ1n) is 4.42. The van der Waals surface area contributed by atoms with Gasteiger partial charge >= 0.3 is 5.97 Å². The highest BCUT2D eigenvalue weighted by molar-refractivity contribution is 5.96. The lowest BCUT2D eigenvalue weighted by Crippen LogP contribution is -1.96. The molecule has 0 unspecified atom stereocenters. The maximum Gasteiger partial charge on any atom is 0.315 e. The number of carbonyl (C=O) groups excluding carboxylic acids is 1. The molecule has 15 heavy (non-hydrogen) atoms. The van der Waals surface area contributed by atoms with Crippen molar-refractivity contribution in [3.8, 4) is 11.8 Å². The highest BCUT2D eigenvalue weighted by Crippen LogP contribution is 2.07. The third kappa shape index (κ3) is 3.28. The molecule has 0 heterocycles. The molecular weight excluding hydrogens is 192 g/mol. The van der Waals surface area contributed by atoms with E-state index in [1.54, 1.807) is 24.3 Å². The van der Waals surface area contributed by atoms with Gasteiger partial charge in [0.15, 0.2) is 5.78 Å². The summed E-state index contributed by atoms with van der Waals surface area (Å²) in [5.41, 5.74) is 1.10. The second kappa shape index (κ2) is 4.97. The molecule has 0 bridgehead atoms. The molecule has 3 heteroatoms. The quantitative estimate of drug-likeness (QED) is 0.586. The average molecular weight is 202 g/mol. The molecule has 0 aliphatic heterocycles. The molecule has 0 saturated heterocycles. The summed E-state index contributed by atoms with van der Waals surface area (Å²) >= 11 is 0. The minimum Gasteiger partial charge on any atom is -0.481 e. The summed E-state index contributed by atoms with van der Waals surface area (Å²) in [6.07, 6.45) is -0.216. The van der Waals surface area contributed by atoms with Crippen molar-refractivity contribution < 1.29 is 14.7 Å². The lowest BCUT2D eigenvalue weighted by atomic mass is 10.0. The summed E-state index contributed by atoms with van der Waals surface area (Å²) in [5.74, 6) is 4.13. The van der Waals surface area contributed by atoms with Crippen molar-refractivity contribution in [1.29, 1.82) is 0 Å². The Kier molecular flexibility index (Phi) is 3.64. The molecule has 0 aromatic heterocycles. The summed E-state index contributed by atoms with van der Waals surface area (Å²) in [7, 11) is 0. The van der Waals surface area contributed by atoms with Gasteiger partial charge < -0.3 is 5.11 Å². The van der Waals surface area contributed by atoms with E-state index in [0.717, 1.165) is 0 Å². The number of ketones is 1. The van der Waals surface area contributed by atoms with E-state index in [9.17, 15) is 9.59 Å². The monoisotopic (exact) mass is 202 g/mol.